The molecule has 0 bridgehead atoms. The average Bonchev–Trinajstić information content (AvgIpc) is 2.65. The first-order chi connectivity index (χ1) is 12.8. The number of carbonyl (C=O) groups excluding carboxylic acids is 2. The third kappa shape index (κ3) is 4.05. The van der Waals surface area contributed by atoms with Gasteiger partial charge in [0.25, 0.3) is 11.8 Å². The summed E-state index contributed by atoms with van der Waals surface area (Å²) in [6.07, 6.45) is 1.10. The highest BCUT2D eigenvalue weighted by Gasteiger charge is 2.25. The first-order valence-electron chi connectivity index (χ1n) is 8.49. The Kier molecular flexibility index (Phi) is 5.07. The SMILES string of the molecule is O=C(NC1CCN(C(=O)c2cccc(O)c2)CC1)c1cc(O)c(O)c(O)c1. The Balaban J connectivity index is 1.58. The Morgan fingerprint density at radius 3 is 2.15 bits per heavy atom. The largest absolute Gasteiger partial charge is 0.508 e. The predicted octanol–water partition coefficient (Wildman–Crippen LogP) is 1.54. The van der Waals surface area contributed by atoms with Crippen LogP contribution < -0.4 is 5.32 Å². The van der Waals surface area contributed by atoms with Gasteiger partial charge in [-0.15, -0.1) is 0 Å². The average molecular weight is 372 g/mol. The number of rotatable bonds is 3. The van der Waals surface area contributed by atoms with E-state index in [0.29, 0.717) is 31.5 Å². The molecule has 0 spiro atoms. The number of hydrogen-bond acceptors (Lipinski definition) is 6. The van der Waals surface area contributed by atoms with Crippen molar-refractivity contribution >= 4 is 11.8 Å². The van der Waals surface area contributed by atoms with Crippen molar-refractivity contribution in [1.29, 1.82) is 0 Å². The standard InChI is InChI=1S/C19H20N2O6/c22-14-3-1-2-11(8-14)19(27)21-6-4-13(5-7-21)20-18(26)12-9-15(23)17(25)16(24)10-12/h1-3,8-10,13,22-25H,4-7H2,(H,20,26). The summed E-state index contributed by atoms with van der Waals surface area (Å²) < 4.78 is 0. The zero-order chi connectivity index (χ0) is 19.6. The quantitative estimate of drug-likeness (QED) is 0.520. The smallest absolute Gasteiger partial charge is 0.253 e. The van der Waals surface area contributed by atoms with E-state index in [-0.39, 0.29) is 23.3 Å². The molecule has 1 aliphatic rings. The third-order valence-electron chi connectivity index (χ3n) is 4.54. The Labute approximate surface area is 155 Å². The molecule has 0 aromatic heterocycles. The fourth-order valence-corrected chi connectivity index (χ4v) is 3.05. The van der Waals surface area contributed by atoms with Crippen LogP contribution >= 0.6 is 0 Å². The Hall–Kier alpha value is -3.42. The van der Waals surface area contributed by atoms with E-state index in [4.69, 9.17) is 0 Å². The van der Waals surface area contributed by atoms with Crippen molar-refractivity contribution in [2.75, 3.05) is 13.1 Å². The van der Waals surface area contributed by atoms with E-state index in [2.05, 4.69) is 5.32 Å². The highest BCUT2D eigenvalue weighted by molar-refractivity contribution is 5.96. The Morgan fingerprint density at radius 2 is 1.56 bits per heavy atom. The van der Waals surface area contributed by atoms with Gasteiger partial charge in [0.1, 0.15) is 5.75 Å². The van der Waals surface area contributed by atoms with Crippen molar-refractivity contribution < 1.29 is 30.0 Å². The Morgan fingerprint density at radius 1 is 0.926 bits per heavy atom. The van der Waals surface area contributed by atoms with Gasteiger partial charge < -0.3 is 30.6 Å². The molecule has 0 radical (unpaired) electrons. The minimum atomic E-state index is -0.676. The van der Waals surface area contributed by atoms with E-state index in [1.807, 2.05) is 0 Å². The van der Waals surface area contributed by atoms with Crippen molar-refractivity contribution in [1.82, 2.24) is 10.2 Å². The summed E-state index contributed by atoms with van der Waals surface area (Å²) in [5.74, 6) is -2.46. The monoisotopic (exact) mass is 372 g/mol. The van der Waals surface area contributed by atoms with Crippen molar-refractivity contribution in [3.05, 3.63) is 47.5 Å². The zero-order valence-electron chi connectivity index (χ0n) is 14.4. The molecule has 1 fully saturated rings. The fraction of sp³-hybridized carbons (Fsp3) is 0.263. The van der Waals surface area contributed by atoms with Crippen molar-refractivity contribution in [3.63, 3.8) is 0 Å². The number of hydrogen-bond donors (Lipinski definition) is 5. The van der Waals surface area contributed by atoms with Gasteiger partial charge in [0.05, 0.1) is 0 Å². The van der Waals surface area contributed by atoms with E-state index >= 15 is 0 Å². The van der Waals surface area contributed by atoms with E-state index in [0.717, 1.165) is 12.1 Å². The van der Waals surface area contributed by atoms with Gasteiger partial charge >= 0.3 is 0 Å². The molecule has 2 amide bonds. The molecule has 0 aliphatic carbocycles. The molecule has 8 nitrogen and oxygen atoms in total. The van der Waals surface area contributed by atoms with Crippen LogP contribution in [0.1, 0.15) is 33.6 Å². The summed E-state index contributed by atoms with van der Waals surface area (Å²) in [4.78, 5) is 26.4. The second-order valence-corrected chi connectivity index (χ2v) is 6.45. The fourth-order valence-electron chi connectivity index (χ4n) is 3.05. The minimum Gasteiger partial charge on any atom is -0.508 e. The van der Waals surface area contributed by atoms with Gasteiger partial charge in [-0.1, -0.05) is 6.07 Å². The summed E-state index contributed by atoms with van der Waals surface area (Å²) >= 11 is 0. The lowest BCUT2D eigenvalue weighted by Gasteiger charge is -2.32. The summed E-state index contributed by atoms with van der Waals surface area (Å²) in [5.41, 5.74) is 0.439. The van der Waals surface area contributed by atoms with Crippen LogP contribution in [0.3, 0.4) is 0 Å². The maximum atomic E-state index is 12.5. The van der Waals surface area contributed by atoms with Crippen LogP contribution in [0.4, 0.5) is 0 Å². The van der Waals surface area contributed by atoms with Gasteiger partial charge in [-0.25, -0.2) is 0 Å². The number of carbonyl (C=O) groups is 2. The molecule has 0 saturated carbocycles. The normalized spacial score (nSPS) is 14.7. The van der Waals surface area contributed by atoms with Crippen LogP contribution in [0, 0.1) is 0 Å². The zero-order valence-corrected chi connectivity index (χ0v) is 14.4. The number of piperidine rings is 1. The summed E-state index contributed by atoms with van der Waals surface area (Å²) in [5, 5.41) is 40.6. The summed E-state index contributed by atoms with van der Waals surface area (Å²) in [6, 6.07) is 8.15. The van der Waals surface area contributed by atoms with Crippen LogP contribution in [0.25, 0.3) is 0 Å². The molecular weight excluding hydrogens is 352 g/mol. The number of amides is 2. The number of phenolic OH excluding ortho intramolecular Hbond substituents is 4. The van der Waals surface area contributed by atoms with Gasteiger partial charge in [-0.05, 0) is 43.2 Å². The molecular formula is C19H20N2O6. The predicted molar refractivity (Wildman–Crippen MR) is 95.9 cm³/mol. The third-order valence-corrected chi connectivity index (χ3v) is 4.54. The first-order valence-corrected chi connectivity index (χ1v) is 8.49. The van der Waals surface area contributed by atoms with Gasteiger partial charge in [0.2, 0.25) is 0 Å². The number of benzene rings is 2. The lowest BCUT2D eigenvalue weighted by atomic mass is 10.0. The van der Waals surface area contributed by atoms with Crippen LogP contribution in [-0.4, -0.2) is 56.3 Å². The van der Waals surface area contributed by atoms with Crippen molar-refractivity contribution in [3.8, 4) is 23.0 Å². The number of nitrogens with zero attached hydrogens (tertiary/aromatic N) is 1. The van der Waals surface area contributed by atoms with Gasteiger partial charge in [-0.2, -0.15) is 0 Å². The molecule has 0 unspecified atom stereocenters. The number of nitrogens with one attached hydrogen (secondary N) is 1. The molecule has 8 heteroatoms. The van der Waals surface area contributed by atoms with E-state index in [9.17, 15) is 30.0 Å². The van der Waals surface area contributed by atoms with E-state index < -0.39 is 23.2 Å². The number of likely N-dealkylation sites (tertiary alicyclic amines) is 1. The second kappa shape index (κ2) is 7.45. The summed E-state index contributed by atoms with van der Waals surface area (Å²) in [6.45, 7) is 0.900. The lowest BCUT2D eigenvalue weighted by Crippen LogP contribution is -2.46. The van der Waals surface area contributed by atoms with Crippen LogP contribution in [0.5, 0.6) is 23.0 Å². The van der Waals surface area contributed by atoms with Gasteiger partial charge in [0.15, 0.2) is 17.2 Å². The second-order valence-electron chi connectivity index (χ2n) is 6.45. The minimum absolute atomic E-state index is 0.0288. The first kappa shape index (κ1) is 18.4. The number of aromatic hydroxyl groups is 4. The van der Waals surface area contributed by atoms with E-state index in [1.54, 1.807) is 17.0 Å². The topological polar surface area (TPSA) is 130 Å². The molecule has 5 N–H and O–H groups in total. The molecule has 1 heterocycles. The summed E-state index contributed by atoms with van der Waals surface area (Å²) in [7, 11) is 0. The van der Waals surface area contributed by atoms with Crippen LogP contribution in [0.2, 0.25) is 0 Å². The van der Waals surface area contributed by atoms with Gasteiger partial charge in [-0.3, -0.25) is 9.59 Å². The van der Waals surface area contributed by atoms with Crippen LogP contribution in [0.15, 0.2) is 36.4 Å². The Bertz CT molecular complexity index is 851. The maximum Gasteiger partial charge on any atom is 0.253 e. The molecule has 3 rings (SSSR count). The maximum absolute atomic E-state index is 12.5. The highest BCUT2D eigenvalue weighted by atomic mass is 16.3. The molecule has 142 valence electrons. The highest BCUT2D eigenvalue weighted by Crippen LogP contribution is 2.35. The molecule has 2 aromatic carbocycles. The van der Waals surface area contributed by atoms with E-state index in [1.165, 1.54) is 12.1 Å². The molecule has 0 atom stereocenters. The van der Waals surface area contributed by atoms with Crippen molar-refractivity contribution in [2.45, 2.75) is 18.9 Å². The molecule has 1 aliphatic heterocycles. The molecule has 27 heavy (non-hydrogen) atoms. The number of phenols is 4. The van der Waals surface area contributed by atoms with Crippen LogP contribution in [-0.2, 0) is 0 Å². The lowest BCUT2D eigenvalue weighted by molar-refractivity contribution is 0.0697. The molecule has 1 saturated heterocycles. The van der Waals surface area contributed by atoms with Gasteiger partial charge in [0, 0.05) is 30.3 Å². The van der Waals surface area contributed by atoms with Crippen molar-refractivity contribution in [2.24, 2.45) is 0 Å². The molecule has 2 aromatic rings.